The molecule has 0 aromatic heterocycles. The Kier molecular flexibility index (Phi) is 12.8. The number of phenols is 4. The van der Waals surface area contributed by atoms with E-state index in [0.29, 0.717) is 18.6 Å². The first-order valence-corrected chi connectivity index (χ1v) is 21.6. The van der Waals surface area contributed by atoms with Crippen LogP contribution in [0.2, 0.25) is 0 Å². The fraction of sp³-hybridized carbons (Fsp3) is 0.537. The number of phenolic OH excluding ortho intramolecular Hbond substituents is 4. The van der Waals surface area contributed by atoms with Gasteiger partial charge in [0, 0.05) is 12.3 Å². The summed E-state index contributed by atoms with van der Waals surface area (Å²) in [6.45, 7) is 39.6. The lowest BCUT2D eigenvalue weighted by Gasteiger charge is -2.46. The van der Waals surface area contributed by atoms with Crippen molar-refractivity contribution >= 4 is 5.78 Å². The van der Waals surface area contributed by atoms with E-state index >= 15 is 4.79 Å². The van der Waals surface area contributed by atoms with Gasteiger partial charge in [-0.25, -0.2) is 0 Å². The number of carbonyl (C=O) groups excluding carboxylic acids is 1. The zero-order chi connectivity index (χ0) is 45.2. The van der Waals surface area contributed by atoms with Gasteiger partial charge in [0.25, 0.3) is 0 Å². The number of ketones is 1. The number of rotatable bonds is 9. The van der Waals surface area contributed by atoms with Crippen LogP contribution < -0.4 is 0 Å². The molecule has 0 fully saturated rings. The van der Waals surface area contributed by atoms with Crippen LogP contribution in [-0.4, -0.2) is 26.2 Å². The summed E-state index contributed by atoms with van der Waals surface area (Å²) in [6, 6.07) is 16.1. The van der Waals surface area contributed by atoms with Gasteiger partial charge in [-0.15, -0.1) is 0 Å². The van der Waals surface area contributed by atoms with Crippen LogP contribution in [0.3, 0.4) is 0 Å². The van der Waals surface area contributed by atoms with Crippen molar-refractivity contribution in [3.63, 3.8) is 0 Å². The second-order valence-corrected chi connectivity index (χ2v) is 22.6. The maximum atomic E-state index is 15.7. The fourth-order valence-corrected chi connectivity index (χ4v) is 9.35. The predicted molar refractivity (Wildman–Crippen MR) is 247 cm³/mol. The Morgan fingerprint density at radius 3 is 1.00 bits per heavy atom. The Balaban J connectivity index is 2.25. The zero-order valence-electron chi connectivity index (χ0n) is 40.0. The van der Waals surface area contributed by atoms with Crippen molar-refractivity contribution in [1.82, 2.24) is 0 Å². The third-order valence-electron chi connectivity index (χ3n) is 12.5. The summed E-state index contributed by atoms with van der Waals surface area (Å²) in [5.74, 6) is 0.428. The molecule has 4 aromatic carbocycles. The first kappa shape index (κ1) is 47.4. The Morgan fingerprint density at radius 2 is 0.746 bits per heavy atom. The van der Waals surface area contributed by atoms with Crippen LogP contribution in [0.15, 0.2) is 48.5 Å². The molecular formula is C54H76O5. The van der Waals surface area contributed by atoms with E-state index in [9.17, 15) is 20.4 Å². The third kappa shape index (κ3) is 9.25. The van der Waals surface area contributed by atoms with Gasteiger partial charge in [0.05, 0.1) is 5.41 Å². The van der Waals surface area contributed by atoms with E-state index in [-0.39, 0.29) is 40.3 Å². The molecule has 0 saturated heterocycles. The monoisotopic (exact) mass is 805 g/mol. The highest BCUT2D eigenvalue weighted by atomic mass is 16.3. The number of aromatic hydroxyl groups is 4. The van der Waals surface area contributed by atoms with Crippen molar-refractivity contribution in [1.29, 1.82) is 0 Å². The molecular weight excluding hydrogens is 729 g/mol. The van der Waals surface area contributed by atoms with E-state index in [1.165, 1.54) is 0 Å². The van der Waals surface area contributed by atoms with Crippen LogP contribution in [0, 0.1) is 26.7 Å². The van der Waals surface area contributed by atoms with Crippen LogP contribution >= 0.6 is 0 Å². The highest BCUT2D eigenvalue weighted by Crippen LogP contribution is 2.55. The molecule has 0 bridgehead atoms. The Labute approximate surface area is 357 Å². The van der Waals surface area contributed by atoms with Gasteiger partial charge in [-0.3, -0.25) is 4.79 Å². The normalized spacial score (nSPS) is 13.8. The van der Waals surface area contributed by atoms with Gasteiger partial charge >= 0.3 is 0 Å². The molecule has 322 valence electrons. The van der Waals surface area contributed by atoms with Crippen molar-refractivity contribution in [3.05, 3.63) is 115 Å². The van der Waals surface area contributed by atoms with E-state index in [0.717, 1.165) is 66.8 Å². The molecule has 0 radical (unpaired) electrons. The van der Waals surface area contributed by atoms with Crippen molar-refractivity contribution in [2.24, 2.45) is 5.92 Å². The standard InChI is InChI=1S/C54H76O5/c1-20-35(44(55)22-21-34-26-42(52(14,15)16)48(59)43(27-34)53(17,18)19)54(36-28-39(49(5,6)7)45(56)23-31(36)2,37-29-40(50(8,9)10)46(57)24-32(37)3)38-30-41(51(11,12)13)47(58)25-33(38)4/h23-30,35,56-59H,20-22H2,1-19H3. The molecule has 5 nitrogen and oxygen atoms in total. The van der Waals surface area contributed by atoms with Crippen molar-refractivity contribution in [2.75, 3.05) is 0 Å². The summed E-state index contributed by atoms with van der Waals surface area (Å²) in [5, 5.41) is 46.3. The highest BCUT2D eigenvalue weighted by molar-refractivity contribution is 5.86. The van der Waals surface area contributed by atoms with E-state index in [1.807, 2.05) is 39.0 Å². The maximum absolute atomic E-state index is 15.7. The molecule has 1 atom stereocenters. The minimum atomic E-state index is -1.12. The van der Waals surface area contributed by atoms with E-state index < -0.39 is 27.6 Å². The van der Waals surface area contributed by atoms with Gasteiger partial charge in [-0.1, -0.05) is 141 Å². The van der Waals surface area contributed by atoms with Gasteiger partial charge < -0.3 is 20.4 Å². The number of carbonyl (C=O) groups is 1. The Morgan fingerprint density at radius 1 is 0.458 bits per heavy atom. The number of benzene rings is 4. The Bertz CT molecular complexity index is 2010. The van der Waals surface area contributed by atoms with Gasteiger partial charge in [0.2, 0.25) is 0 Å². The summed E-state index contributed by atoms with van der Waals surface area (Å²) in [6.07, 6.45) is 1.24. The van der Waals surface area contributed by atoms with Crippen LogP contribution in [0.1, 0.15) is 190 Å². The summed E-state index contributed by atoms with van der Waals surface area (Å²) in [7, 11) is 0. The van der Waals surface area contributed by atoms with Gasteiger partial charge in [0.15, 0.2) is 0 Å². The number of hydrogen-bond acceptors (Lipinski definition) is 5. The first-order chi connectivity index (χ1) is 26.7. The molecule has 4 aromatic rings. The maximum Gasteiger partial charge on any atom is 0.137 e. The fourth-order valence-electron chi connectivity index (χ4n) is 9.35. The zero-order valence-corrected chi connectivity index (χ0v) is 40.0. The summed E-state index contributed by atoms with van der Waals surface area (Å²) >= 11 is 0. The summed E-state index contributed by atoms with van der Waals surface area (Å²) in [5.41, 5.74) is 7.32. The molecule has 59 heavy (non-hydrogen) atoms. The predicted octanol–water partition coefficient (Wildman–Crippen LogP) is 13.5. The molecule has 0 spiro atoms. The SMILES string of the molecule is CCC(C(=O)CCc1cc(C(C)(C)C)c(O)c(C(C)(C)C)c1)C(c1cc(C(C)(C)C)c(O)cc1C)(c1cc(C(C)(C)C)c(O)cc1C)c1cc(C(C)(C)C)c(O)cc1C. The van der Waals surface area contributed by atoms with Crippen molar-refractivity contribution in [3.8, 4) is 23.0 Å². The van der Waals surface area contributed by atoms with E-state index in [1.54, 1.807) is 0 Å². The third-order valence-corrected chi connectivity index (χ3v) is 12.5. The van der Waals surface area contributed by atoms with Crippen LogP contribution in [0.5, 0.6) is 23.0 Å². The lowest BCUT2D eigenvalue weighted by Crippen LogP contribution is -2.44. The van der Waals surface area contributed by atoms with E-state index in [4.69, 9.17) is 0 Å². The van der Waals surface area contributed by atoms with Crippen LogP contribution in [-0.2, 0) is 43.7 Å². The molecule has 0 heterocycles. The summed E-state index contributed by atoms with van der Waals surface area (Å²) in [4.78, 5) is 15.7. The lowest BCUT2D eigenvalue weighted by atomic mass is 9.55. The van der Waals surface area contributed by atoms with E-state index in [2.05, 4.69) is 141 Å². The average Bonchev–Trinajstić information content (AvgIpc) is 3.04. The average molecular weight is 805 g/mol. The van der Waals surface area contributed by atoms with Crippen LogP contribution in [0.4, 0.5) is 0 Å². The largest absolute Gasteiger partial charge is 0.508 e. The number of Topliss-reactive ketones (excluding diaryl/α,β-unsaturated/α-hetero) is 1. The molecule has 0 aliphatic carbocycles. The highest BCUT2D eigenvalue weighted by Gasteiger charge is 2.50. The number of aryl methyl sites for hydroxylation is 4. The van der Waals surface area contributed by atoms with Crippen LogP contribution in [0.25, 0.3) is 0 Å². The second kappa shape index (κ2) is 16.0. The smallest absolute Gasteiger partial charge is 0.137 e. The molecule has 1 unspecified atom stereocenters. The summed E-state index contributed by atoms with van der Waals surface area (Å²) < 4.78 is 0. The van der Waals surface area contributed by atoms with Gasteiger partial charge in [-0.05, 0) is 146 Å². The minimum Gasteiger partial charge on any atom is -0.508 e. The van der Waals surface area contributed by atoms with Crippen molar-refractivity contribution < 1.29 is 25.2 Å². The molecule has 4 N–H and O–H groups in total. The molecule has 0 aliphatic rings. The van der Waals surface area contributed by atoms with Crippen molar-refractivity contribution in [2.45, 2.75) is 183 Å². The quantitative estimate of drug-likeness (QED) is 0.126. The molecule has 0 aliphatic heterocycles. The molecule has 5 heteroatoms. The molecule has 0 amide bonds. The lowest BCUT2D eigenvalue weighted by molar-refractivity contribution is -0.124. The van der Waals surface area contributed by atoms with Gasteiger partial charge in [-0.2, -0.15) is 0 Å². The molecule has 4 rings (SSSR count). The molecule has 0 saturated carbocycles. The number of hydrogen-bond donors (Lipinski definition) is 4. The van der Waals surface area contributed by atoms with Gasteiger partial charge in [0.1, 0.15) is 28.8 Å². The topological polar surface area (TPSA) is 98.0 Å². The second-order valence-electron chi connectivity index (χ2n) is 22.6. The Hall–Kier alpha value is -4.25. The first-order valence-electron chi connectivity index (χ1n) is 21.6. The minimum absolute atomic E-state index is 0.0922.